The average Bonchev–Trinajstić information content (AvgIpc) is 3.37. The van der Waals surface area contributed by atoms with E-state index in [2.05, 4.69) is 15.1 Å². The molecule has 3 aromatic carbocycles. The van der Waals surface area contributed by atoms with Gasteiger partial charge in [0.05, 0.1) is 18.2 Å². The first kappa shape index (κ1) is 23.2. The number of methoxy groups -OCH3 is 1. The number of ether oxygens (including phenoxy) is 1. The number of benzene rings is 3. The predicted octanol–water partition coefficient (Wildman–Crippen LogP) is 4.71. The Balaban J connectivity index is 1.42. The summed E-state index contributed by atoms with van der Waals surface area (Å²) in [4.78, 5) is 21.8. The van der Waals surface area contributed by atoms with Gasteiger partial charge < -0.3 is 14.5 Å². The summed E-state index contributed by atoms with van der Waals surface area (Å²) in [6.07, 6.45) is 0. The van der Waals surface area contributed by atoms with E-state index in [1.165, 1.54) is 12.1 Å². The highest BCUT2D eigenvalue weighted by Gasteiger charge is 2.27. The molecule has 3 heterocycles. The number of aromatic nitrogens is 4. The second-order valence-corrected chi connectivity index (χ2v) is 9.18. The lowest BCUT2D eigenvalue weighted by atomic mass is 10.1. The number of rotatable bonds is 4. The van der Waals surface area contributed by atoms with Gasteiger partial charge in [-0.05, 0) is 48.5 Å². The molecule has 0 radical (unpaired) electrons. The van der Waals surface area contributed by atoms with E-state index in [1.54, 1.807) is 30.2 Å². The van der Waals surface area contributed by atoms with Gasteiger partial charge in [0.2, 0.25) is 5.95 Å². The van der Waals surface area contributed by atoms with Crippen LogP contribution in [0, 0.1) is 5.82 Å². The third-order valence-corrected chi connectivity index (χ3v) is 6.79. The molecule has 1 aliphatic rings. The molecule has 10 heteroatoms. The van der Waals surface area contributed by atoms with Gasteiger partial charge in [-0.25, -0.2) is 13.8 Å². The second-order valence-electron chi connectivity index (χ2n) is 8.75. The van der Waals surface area contributed by atoms with Gasteiger partial charge in [-0.1, -0.05) is 29.8 Å². The Hall–Kier alpha value is -4.24. The SMILES string of the molecule is COc1ccccc1-c1nnc2c3ccc(Cl)cc3nc(N3CCN(C(=O)c4cccc(F)c4)CC3)n12. The lowest BCUT2D eigenvalue weighted by Crippen LogP contribution is -2.49. The summed E-state index contributed by atoms with van der Waals surface area (Å²) in [5, 5.41) is 10.4. The number of hydrogen-bond donors (Lipinski definition) is 0. The minimum absolute atomic E-state index is 0.193. The molecule has 1 aliphatic heterocycles. The van der Waals surface area contributed by atoms with Crippen molar-refractivity contribution in [3.05, 3.63) is 83.1 Å². The maximum absolute atomic E-state index is 13.7. The van der Waals surface area contributed by atoms with Crippen LogP contribution < -0.4 is 9.64 Å². The van der Waals surface area contributed by atoms with Crippen molar-refractivity contribution in [3.63, 3.8) is 0 Å². The Morgan fingerprint density at radius 1 is 0.973 bits per heavy atom. The van der Waals surface area contributed by atoms with Crippen LogP contribution in [0.15, 0.2) is 66.7 Å². The van der Waals surface area contributed by atoms with Crippen LogP contribution in [0.5, 0.6) is 5.75 Å². The maximum atomic E-state index is 13.7. The topological polar surface area (TPSA) is 75.9 Å². The van der Waals surface area contributed by atoms with E-state index < -0.39 is 5.82 Å². The number of hydrogen-bond acceptors (Lipinski definition) is 6. The molecule has 186 valence electrons. The van der Waals surface area contributed by atoms with Crippen LogP contribution in [0.3, 0.4) is 0 Å². The highest BCUT2D eigenvalue weighted by atomic mass is 35.5. The lowest BCUT2D eigenvalue weighted by Gasteiger charge is -2.35. The first-order valence-corrected chi connectivity index (χ1v) is 12.2. The van der Waals surface area contributed by atoms with E-state index in [9.17, 15) is 9.18 Å². The number of fused-ring (bicyclic) bond motifs is 3. The Bertz CT molecular complexity index is 1650. The minimum Gasteiger partial charge on any atom is -0.496 e. The standard InChI is InChI=1S/C27H22ClFN6O2/c1-37-23-8-3-2-7-21(23)25-32-31-24-20-10-9-18(28)16-22(20)30-27(35(24)25)34-13-11-33(12-14-34)26(36)17-5-4-6-19(29)15-17/h2-10,15-16H,11-14H2,1H3. The number of anilines is 1. The lowest BCUT2D eigenvalue weighted by molar-refractivity contribution is 0.0745. The van der Waals surface area contributed by atoms with Crippen molar-refractivity contribution < 1.29 is 13.9 Å². The van der Waals surface area contributed by atoms with Crippen LogP contribution in [-0.2, 0) is 0 Å². The molecule has 0 unspecified atom stereocenters. The van der Waals surface area contributed by atoms with Crippen molar-refractivity contribution in [2.45, 2.75) is 0 Å². The molecule has 0 saturated carbocycles. The Labute approximate surface area is 216 Å². The van der Waals surface area contributed by atoms with Gasteiger partial charge in [-0.15, -0.1) is 10.2 Å². The van der Waals surface area contributed by atoms with Crippen molar-refractivity contribution in [2.24, 2.45) is 0 Å². The Morgan fingerprint density at radius 3 is 2.57 bits per heavy atom. The summed E-state index contributed by atoms with van der Waals surface area (Å²) in [5.41, 5.74) is 2.48. The fraction of sp³-hybridized carbons (Fsp3) is 0.185. The van der Waals surface area contributed by atoms with Crippen LogP contribution >= 0.6 is 11.6 Å². The van der Waals surface area contributed by atoms with E-state index in [-0.39, 0.29) is 5.91 Å². The molecule has 1 amide bonds. The number of carbonyl (C=O) groups excluding carboxylic acids is 1. The number of amides is 1. The van der Waals surface area contributed by atoms with Gasteiger partial charge in [0.15, 0.2) is 11.5 Å². The summed E-state index contributed by atoms with van der Waals surface area (Å²) >= 11 is 6.29. The fourth-order valence-corrected chi connectivity index (χ4v) is 4.89. The van der Waals surface area contributed by atoms with Gasteiger partial charge in [0.1, 0.15) is 11.6 Å². The molecule has 1 saturated heterocycles. The highest BCUT2D eigenvalue weighted by molar-refractivity contribution is 6.31. The van der Waals surface area contributed by atoms with Crippen LogP contribution in [-0.4, -0.2) is 63.7 Å². The molecule has 0 atom stereocenters. The molecule has 8 nitrogen and oxygen atoms in total. The first-order chi connectivity index (χ1) is 18.0. The van der Waals surface area contributed by atoms with Gasteiger partial charge >= 0.3 is 0 Å². The summed E-state index contributed by atoms with van der Waals surface area (Å²) < 4.78 is 21.2. The largest absolute Gasteiger partial charge is 0.496 e. The molecule has 0 spiro atoms. The molecule has 0 bridgehead atoms. The molecule has 5 aromatic rings. The predicted molar refractivity (Wildman–Crippen MR) is 140 cm³/mol. The van der Waals surface area contributed by atoms with Crippen LogP contribution in [0.2, 0.25) is 5.02 Å². The molecule has 2 aromatic heterocycles. The summed E-state index contributed by atoms with van der Waals surface area (Å²) in [6, 6.07) is 18.9. The number of halogens is 2. The molecule has 37 heavy (non-hydrogen) atoms. The van der Waals surface area contributed by atoms with E-state index in [1.807, 2.05) is 40.8 Å². The van der Waals surface area contributed by atoms with Gasteiger partial charge in [0.25, 0.3) is 5.91 Å². The monoisotopic (exact) mass is 516 g/mol. The summed E-state index contributed by atoms with van der Waals surface area (Å²) in [7, 11) is 1.62. The molecule has 1 fully saturated rings. The third kappa shape index (κ3) is 4.11. The van der Waals surface area contributed by atoms with Gasteiger partial charge in [-0.3, -0.25) is 4.79 Å². The third-order valence-electron chi connectivity index (χ3n) is 6.55. The Morgan fingerprint density at radius 2 is 1.78 bits per heavy atom. The normalized spacial score (nSPS) is 13.9. The van der Waals surface area contributed by atoms with Crippen molar-refractivity contribution >= 4 is 40.0 Å². The molecule has 0 aliphatic carbocycles. The zero-order chi connectivity index (χ0) is 25.5. The number of nitrogens with zero attached hydrogens (tertiary/aromatic N) is 6. The van der Waals surface area contributed by atoms with Crippen molar-refractivity contribution in [1.82, 2.24) is 24.5 Å². The van der Waals surface area contributed by atoms with Crippen LogP contribution in [0.25, 0.3) is 27.9 Å². The summed E-state index contributed by atoms with van der Waals surface area (Å²) in [5.74, 6) is 1.30. The average molecular weight is 517 g/mol. The van der Waals surface area contributed by atoms with E-state index >= 15 is 0 Å². The summed E-state index contributed by atoms with van der Waals surface area (Å²) in [6.45, 7) is 1.97. The molecular weight excluding hydrogens is 495 g/mol. The fourth-order valence-electron chi connectivity index (χ4n) is 4.72. The van der Waals surface area contributed by atoms with Crippen molar-refractivity contribution in [2.75, 3.05) is 38.2 Å². The Kier molecular flexibility index (Phi) is 5.84. The number of piperazine rings is 1. The smallest absolute Gasteiger partial charge is 0.254 e. The van der Waals surface area contributed by atoms with E-state index in [4.69, 9.17) is 21.3 Å². The molecular formula is C27H22ClFN6O2. The van der Waals surface area contributed by atoms with Gasteiger partial charge in [0, 0.05) is 42.2 Å². The second kappa shape index (κ2) is 9.33. The van der Waals surface area contributed by atoms with Crippen molar-refractivity contribution in [3.8, 4) is 17.1 Å². The van der Waals surface area contributed by atoms with Gasteiger partial charge in [-0.2, -0.15) is 0 Å². The molecule has 6 rings (SSSR count). The quantitative estimate of drug-likeness (QED) is 0.344. The van der Waals surface area contributed by atoms with Crippen LogP contribution in [0.1, 0.15) is 10.4 Å². The van der Waals surface area contributed by atoms with E-state index in [0.717, 1.165) is 10.9 Å². The first-order valence-electron chi connectivity index (χ1n) is 11.8. The molecule has 0 N–H and O–H groups in total. The zero-order valence-corrected chi connectivity index (χ0v) is 20.7. The van der Waals surface area contributed by atoms with E-state index in [0.29, 0.717) is 65.5 Å². The van der Waals surface area contributed by atoms with Crippen molar-refractivity contribution in [1.29, 1.82) is 0 Å². The number of para-hydroxylation sites is 1. The highest BCUT2D eigenvalue weighted by Crippen LogP contribution is 2.34. The minimum atomic E-state index is -0.428. The zero-order valence-electron chi connectivity index (χ0n) is 19.9. The van der Waals surface area contributed by atoms with Crippen LogP contribution in [0.4, 0.5) is 10.3 Å². The maximum Gasteiger partial charge on any atom is 0.254 e. The number of carbonyl (C=O) groups is 1.